The number of carbonyl (C=O) groups excluding carboxylic acids is 1. The Morgan fingerprint density at radius 3 is 2.69 bits per heavy atom. The van der Waals surface area contributed by atoms with Crippen molar-refractivity contribution >= 4 is 39.3 Å². The van der Waals surface area contributed by atoms with Gasteiger partial charge < -0.3 is 19.5 Å². The predicted molar refractivity (Wildman–Crippen MR) is 117 cm³/mol. The summed E-state index contributed by atoms with van der Waals surface area (Å²) in [7, 11) is 2.77. The van der Waals surface area contributed by atoms with Gasteiger partial charge in [0.2, 0.25) is 0 Å². The van der Waals surface area contributed by atoms with Crippen LogP contribution in [0.15, 0.2) is 51.2 Å². The normalized spacial score (nSPS) is 15.9. The molecule has 0 radical (unpaired) electrons. The summed E-state index contributed by atoms with van der Waals surface area (Å²) in [5.74, 6) is -2.38. The van der Waals surface area contributed by atoms with Crippen molar-refractivity contribution in [3.05, 3.63) is 74.1 Å². The first-order chi connectivity index (χ1) is 15.3. The maximum Gasteiger partial charge on any atom is 0.338 e. The van der Waals surface area contributed by atoms with Crippen LogP contribution in [-0.2, 0) is 19.0 Å². The van der Waals surface area contributed by atoms with Gasteiger partial charge in [-0.05, 0) is 17.7 Å². The number of amidine groups is 1. The number of esters is 1. The van der Waals surface area contributed by atoms with Gasteiger partial charge in [-0.3, -0.25) is 4.99 Å². The highest BCUT2D eigenvalue weighted by atomic mass is 79.9. The van der Waals surface area contributed by atoms with Gasteiger partial charge in [0.05, 0.1) is 44.4 Å². The first-order valence-electron chi connectivity index (χ1n) is 9.35. The van der Waals surface area contributed by atoms with E-state index in [-0.39, 0.29) is 30.3 Å². The minimum atomic E-state index is -0.911. The Hall–Kier alpha value is -2.40. The fourth-order valence-corrected chi connectivity index (χ4v) is 3.93. The van der Waals surface area contributed by atoms with Crippen LogP contribution in [-0.4, -0.2) is 50.8 Å². The molecule has 1 aromatic heterocycles. The average Bonchev–Trinajstić information content (AvgIpc) is 2.76. The summed E-state index contributed by atoms with van der Waals surface area (Å²) in [4.78, 5) is 21.1. The highest BCUT2D eigenvalue weighted by molar-refractivity contribution is 9.10. The Kier molecular flexibility index (Phi) is 8.30. The predicted octanol–water partition coefficient (Wildman–Crippen LogP) is 3.96. The highest BCUT2D eigenvalue weighted by Crippen LogP contribution is 2.37. The third kappa shape index (κ3) is 5.50. The number of nitrogens with zero attached hydrogens (tertiary/aromatic N) is 2. The molecule has 1 N–H and O–H groups in total. The molecule has 11 heteroatoms. The number of nitrogens with one attached hydrogen (secondary N) is 1. The van der Waals surface area contributed by atoms with E-state index < -0.39 is 23.6 Å². The number of hydrogen-bond donors (Lipinski definition) is 1. The largest absolute Gasteiger partial charge is 0.466 e. The number of hydrogen-bond acceptors (Lipinski definition) is 7. The first-order valence-corrected chi connectivity index (χ1v) is 10.5. The molecule has 32 heavy (non-hydrogen) atoms. The molecule has 0 bridgehead atoms. The summed E-state index contributed by atoms with van der Waals surface area (Å²) in [5, 5.41) is 3.37. The van der Waals surface area contributed by atoms with Crippen LogP contribution in [0.3, 0.4) is 0 Å². The number of halogens is 4. The number of pyridine rings is 1. The van der Waals surface area contributed by atoms with Gasteiger partial charge in [0.1, 0.15) is 17.6 Å². The summed E-state index contributed by atoms with van der Waals surface area (Å²) in [6.45, 7) is 0.542. The van der Waals surface area contributed by atoms with E-state index in [1.54, 1.807) is 18.2 Å². The van der Waals surface area contributed by atoms with Gasteiger partial charge >= 0.3 is 5.97 Å². The molecule has 7 nitrogen and oxygen atoms in total. The lowest BCUT2D eigenvalue weighted by atomic mass is 9.95. The van der Waals surface area contributed by atoms with Crippen molar-refractivity contribution in [2.24, 2.45) is 4.99 Å². The van der Waals surface area contributed by atoms with Crippen LogP contribution >= 0.6 is 27.5 Å². The SMILES string of the molecule is COCCOCC1=C(C(=O)OC)C(c2ccc(Cl)cc2Br)N=C(c2ncc(F)cc2F)N1. The highest BCUT2D eigenvalue weighted by Gasteiger charge is 2.34. The molecule has 1 atom stereocenters. The second kappa shape index (κ2) is 11.0. The van der Waals surface area contributed by atoms with Crippen molar-refractivity contribution < 1.29 is 27.8 Å². The van der Waals surface area contributed by atoms with Crippen LogP contribution in [0.5, 0.6) is 0 Å². The molecule has 170 valence electrons. The molecule has 0 spiro atoms. The molecule has 1 aliphatic rings. The topological polar surface area (TPSA) is 82.0 Å². The number of methoxy groups -OCH3 is 2. The molecule has 3 rings (SSSR count). The van der Waals surface area contributed by atoms with E-state index >= 15 is 0 Å². The number of carbonyl (C=O) groups is 1. The maximum atomic E-state index is 14.5. The number of ether oxygens (including phenoxy) is 3. The minimum absolute atomic E-state index is 0.00680. The molecule has 0 fully saturated rings. The lowest BCUT2D eigenvalue weighted by Crippen LogP contribution is -2.36. The van der Waals surface area contributed by atoms with E-state index in [1.165, 1.54) is 14.2 Å². The van der Waals surface area contributed by atoms with Crippen molar-refractivity contribution in [1.29, 1.82) is 0 Å². The van der Waals surface area contributed by atoms with Crippen molar-refractivity contribution in [1.82, 2.24) is 10.3 Å². The van der Waals surface area contributed by atoms with Crippen molar-refractivity contribution in [3.63, 3.8) is 0 Å². The molecular weight excluding hydrogens is 512 g/mol. The van der Waals surface area contributed by atoms with E-state index in [2.05, 4.69) is 31.2 Å². The number of aromatic nitrogens is 1. The zero-order chi connectivity index (χ0) is 23.3. The van der Waals surface area contributed by atoms with Gasteiger partial charge in [-0.2, -0.15) is 0 Å². The number of benzene rings is 1. The monoisotopic (exact) mass is 529 g/mol. The average molecular weight is 531 g/mol. The maximum absolute atomic E-state index is 14.5. The molecular formula is C21H19BrClF2N3O4. The fourth-order valence-electron chi connectivity index (χ4n) is 3.03. The lowest BCUT2D eigenvalue weighted by molar-refractivity contribution is -0.136. The molecule has 1 aliphatic heterocycles. The third-order valence-corrected chi connectivity index (χ3v) is 5.42. The van der Waals surface area contributed by atoms with E-state index in [4.69, 9.17) is 25.8 Å². The first kappa shape index (κ1) is 24.2. The van der Waals surface area contributed by atoms with Crippen LogP contribution in [0.2, 0.25) is 5.02 Å². The second-order valence-corrected chi connectivity index (χ2v) is 7.88. The van der Waals surface area contributed by atoms with Crippen LogP contribution in [0.25, 0.3) is 0 Å². The van der Waals surface area contributed by atoms with Gasteiger partial charge in [-0.1, -0.05) is 33.6 Å². The zero-order valence-corrected chi connectivity index (χ0v) is 19.5. The minimum Gasteiger partial charge on any atom is -0.466 e. The Morgan fingerprint density at radius 1 is 1.25 bits per heavy atom. The quantitative estimate of drug-likeness (QED) is 0.411. The summed E-state index contributed by atoms with van der Waals surface area (Å²) in [5.41, 5.74) is 0.833. The Bertz CT molecular complexity index is 1080. The molecule has 1 aromatic carbocycles. The van der Waals surface area contributed by atoms with Gasteiger partial charge in [-0.25, -0.2) is 18.6 Å². The van der Waals surface area contributed by atoms with E-state index in [0.717, 1.165) is 6.20 Å². The molecule has 0 aliphatic carbocycles. The molecule has 2 heterocycles. The van der Waals surface area contributed by atoms with Crippen LogP contribution in [0, 0.1) is 11.6 Å². The van der Waals surface area contributed by atoms with Gasteiger partial charge in [0, 0.05) is 22.7 Å². The summed E-state index contributed by atoms with van der Waals surface area (Å²) < 4.78 is 44.0. The Morgan fingerprint density at radius 2 is 2.03 bits per heavy atom. The van der Waals surface area contributed by atoms with E-state index in [1.807, 2.05) is 0 Å². The fraction of sp³-hybridized carbons (Fsp3) is 0.286. The smallest absolute Gasteiger partial charge is 0.338 e. The molecule has 2 aromatic rings. The second-order valence-electron chi connectivity index (χ2n) is 6.58. The Labute approximate surface area is 196 Å². The molecule has 0 amide bonds. The molecule has 1 unspecified atom stereocenters. The third-order valence-electron chi connectivity index (χ3n) is 4.50. The van der Waals surface area contributed by atoms with Gasteiger partial charge in [-0.15, -0.1) is 0 Å². The lowest BCUT2D eigenvalue weighted by Gasteiger charge is -2.28. The number of rotatable bonds is 8. The number of aliphatic imine (C=N–C) groups is 1. The summed E-state index contributed by atoms with van der Waals surface area (Å²) >= 11 is 9.50. The summed E-state index contributed by atoms with van der Waals surface area (Å²) in [6, 6.07) is 4.77. The van der Waals surface area contributed by atoms with Crippen molar-refractivity contribution in [3.8, 4) is 0 Å². The summed E-state index contributed by atoms with van der Waals surface area (Å²) in [6.07, 6.45) is 0.879. The van der Waals surface area contributed by atoms with Gasteiger partial charge in [0.15, 0.2) is 11.7 Å². The van der Waals surface area contributed by atoms with Crippen LogP contribution < -0.4 is 5.32 Å². The van der Waals surface area contributed by atoms with Crippen LogP contribution in [0.4, 0.5) is 8.78 Å². The Balaban J connectivity index is 2.13. The molecule has 0 saturated heterocycles. The molecule has 0 saturated carbocycles. The zero-order valence-electron chi connectivity index (χ0n) is 17.1. The van der Waals surface area contributed by atoms with Crippen LogP contribution in [0.1, 0.15) is 17.3 Å². The van der Waals surface area contributed by atoms with E-state index in [9.17, 15) is 13.6 Å². The standard InChI is InChI=1S/C21H19BrClF2N3O4/c1-30-5-6-32-10-16-17(21(29)31-2)18(13-4-3-11(23)7-14(13)22)28-20(27-16)19-15(25)8-12(24)9-26-19/h3-4,7-9,18H,5-6,10H2,1-2H3,(H,27,28). The van der Waals surface area contributed by atoms with Crippen molar-refractivity contribution in [2.45, 2.75) is 6.04 Å². The van der Waals surface area contributed by atoms with E-state index in [0.29, 0.717) is 33.4 Å². The van der Waals surface area contributed by atoms with Gasteiger partial charge in [0.25, 0.3) is 0 Å². The van der Waals surface area contributed by atoms with Crippen molar-refractivity contribution in [2.75, 3.05) is 34.0 Å².